The first kappa shape index (κ1) is 23.0. The van der Waals surface area contributed by atoms with Gasteiger partial charge in [-0.3, -0.25) is 19.3 Å². The molecule has 0 N–H and O–H groups in total. The Labute approximate surface area is 205 Å². The number of esters is 1. The summed E-state index contributed by atoms with van der Waals surface area (Å²) in [7, 11) is 2.95. The van der Waals surface area contributed by atoms with Crippen LogP contribution in [0.1, 0.15) is 54.9 Å². The van der Waals surface area contributed by atoms with Gasteiger partial charge in [-0.05, 0) is 60.2 Å². The lowest BCUT2D eigenvalue weighted by Crippen LogP contribution is -2.31. The fourth-order valence-corrected chi connectivity index (χ4v) is 4.17. The Kier molecular flexibility index (Phi) is 5.85. The number of benzene rings is 2. The average Bonchev–Trinajstić information content (AvgIpc) is 3.64. The molecule has 36 heavy (non-hydrogen) atoms. The van der Waals surface area contributed by atoms with Gasteiger partial charge in [0.25, 0.3) is 17.7 Å². The van der Waals surface area contributed by atoms with Crippen molar-refractivity contribution >= 4 is 29.4 Å². The molecule has 3 amide bonds. The van der Waals surface area contributed by atoms with Crippen LogP contribution >= 0.6 is 0 Å². The van der Waals surface area contributed by atoms with Gasteiger partial charge in [0.15, 0.2) is 6.61 Å². The van der Waals surface area contributed by atoms with Crippen LogP contribution in [0.15, 0.2) is 70.4 Å². The molecule has 0 fully saturated rings. The highest BCUT2D eigenvalue weighted by Crippen LogP contribution is 2.33. The van der Waals surface area contributed by atoms with E-state index in [1.165, 1.54) is 36.5 Å². The third-order valence-corrected chi connectivity index (χ3v) is 6.11. The van der Waals surface area contributed by atoms with Gasteiger partial charge < -0.3 is 13.9 Å². The van der Waals surface area contributed by atoms with Crippen LogP contribution in [0, 0.1) is 0 Å². The van der Waals surface area contributed by atoms with E-state index in [9.17, 15) is 19.2 Å². The topological polar surface area (TPSA) is 119 Å². The van der Waals surface area contributed by atoms with Crippen LogP contribution in [-0.2, 0) is 9.53 Å². The molecule has 3 aromatic rings. The van der Waals surface area contributed by atoms with Gasteiger partial charge in [0, 0.05) is 13.5 Å². The molecule has 1 atom stereocenters. The lowest BCUT2D eigenvalue weighted by molar-refractivity contribution is -0.136. The fourth-order valence-electron chi connectivity index (χ4n) is 4.17. The smallest absolute Gasteiger partial charge is 0.338 e. The molecule has 1 aromatic heterocycles. The van der Waals surface area contributed by atoms with Crippen molar-refractivity contribution in [2.45, 2.75) is 12.5 Å². The number of ether oxygens (including phenoxy) is 2. The van der Waals surface area contributed by atoms with Crippen LogP contribution in [0.5, 0.6) is 5.75 Å². The number of rotatable bonds is 6. The van der Waals surface area contributed by atoms with Crippen molar-refractivity contribution in [3.05, 3.63) is 88.9 Å². The maximum Gasteiger partial charge on any atom is 0.338 e. The summed E-state index contributed by atoms with van der Waals surface area (Å²) in [6, 6.07) is 14.4. The van der Waals surface area contributed by atoms with E-state index >= 15 is 0 Å². The first-order chi connectivity index (χ1) is 17.4. The quantitative estimate of drug-likeness (QED) is 0.387. The number of fused-ring (bicyclic) bond motifs is 1. The second kappa shape index (κ2) is 9.14. The summed E-state index contributed by atoms with van der Waals surface area (Å²) in [4.78, 5) is 50.9. The Bertz CT molecular complexity index is 1390. The van der Waals surface area contributed by atoms with Crippen molar-refractivity contribution in [1.29, 1.82) is 0 Å². The molecular weight excluding hydrogens is 466 g/mol. The average molecular weight is 487 g/mol. The fraction of sp³-hybridized carbons (Fsp3) is 0.192. The van der Waals surface area contributed by atoms with Crippen LogP contribution in [0.3, 0.4) is 0 Å². The second-order valence-corrected chi connectivity index (χ2v) is 8.25. The summed E-state index contributed by atoms with van der Waals surface area (Å²) < 4.78 is 16.0. The number of hydrogen-bond acceptors (Lipinski definition) is 8. The van der Waals surface area contributed by atoms with Crippen LogP contribution in [0.4, 0.5) is 0 Å². The molecule has 182 valence electrons. The SMILES string of the molecule is COc1ccc(C2=NN(C(=O)COC(=O)c3ccc4c(c3)C(=O)N(C)C4=O)C(c3ccco3)C2)cc1. The molecule has 3 heterocycles. The first-order valence-electron chi connectivity index (χ1n) is 11.1. The molecule has 0 saturated carbocycles. The van der Waals surface area contributed by atoms with Gasteiger partial charge >= 0.3 is 5.97 Å². The van der Waals surface area contributed by atoms with Crippen molar-refractivity contribution in [2.24, 2.45) is 5.10 Å². The van der Waals surface area contributed by atoms with Crippen molar-refractivity contribution in [2.75, 3.05) is 20.8 Å². The number of carbonyl (C=O) groups is 4. The molecular formula is C26H21N3O7. The van der Waals surface area contributed by atoms with Gasteiger partial charge in [0.1, 0.15) is 17.6 Å². The zero-order chi connectivity index (χ0) is 25.4. The number of amides is 3. The van der Waals surface area contributed by atoms with E-state index < -0.39 is 36.3 Å². The lowest BCUT2D eigenvalue weighted by atomic mass is 10.0. The molecule has 2 aromatic carbocycles. The second-order valence-electron chi connectivity index (χ2n) is 8.25. The van der Waals surface area contributed by atoms with Crippen molar-refractivity contribution in [1.82, 2.24) is 9.91 Å². The third-order valence-electron chi connectivity index (χ3n) is 6.11. The number of hydrazone groups is 1. The van der Waals surface area contributed by atoms with E-state index in [0.717, 1.165) is 10.5 Å². The number of nitrogens with zero attached hydrogens (tertiary/aromatic N) is 3. The van der Waals surface area contributed by atoms with Gasteiger partial charge in [-0.2, -0.15) is 5.10 Å². The largest absolute Gasteiger partial charge is 0.497 e. The molecule has 0 spiro atoms. The number of furan rings is 1. The van der Waals surface area contributed by atoms with Crippen molar-refractivity contribution < 1.29 is 33.1 Å². The summed E-state index contributed by atoms with van der Waals surface area (Å²) in [6.07, 6.45) is 1.93. The van der Waals surface area contributed by atoms with E-state index in [-0.39, 0.29) is 16.7 Å². The highest BCUT2D eigenvalue weighted by molar-refractivity contribution is 6.21. The van der Waals surface area contributed by atoms with Crippen LogP contribution in [0.2, 0.25) is 0 Å². The number of imide groups is 1. The predicted molar refractivity (Wildman–Crippen MR) is 126 cm³/mol. The Morgan fingerprint density at radius 2 is 1.81 bits per heavy atom. The zero-order valence-corrected chi connectivity index (χ0v) is 19.5. The Balaban J connectivity index is 1.32. The van der Waals surface area contributed by atoms with Gasteiger partial charge in [-0.25, -0.2) is 9.80 Å². The van der Waals surface area contributed by atoms with E-state index in [1.54, 1.807) is 31.4 Å². The summed E-state index contributed by atoms with van der Waals surface area (Å²) in [5.74, 6) is -1.03. The number of hydrogen-bond donors (Lipinski definition) is 0. The van der Waals surface area contributed by atoms with Crippen LogP contribution in [0.25, 0.3) is 0 Å². The van der Waals surface area contributed by atoms with Crippen molar-refractivity contribution in [3.8, 4) is 5.75 Å². The standard InChI is InChI=1S/C26H21N3O7/c1-28-24(31)18-10-7-16(12-19(18)25(28)32)26(33)36-14-23(30)29-21(22-4-3-11-35-22)13-20(27-29)15-5-8-17(34-2)9-6-15/h3-12,21H,13-14H2,1-2H3. The Hall–Kier alpha value is -4.73. The minimum Gasteiger partial charge on any atom is -0.497 e. The molecule has 0 aliphatic carbocycles. The molecule has 10 nitrogen and oxygen atoms in total. The highest BCUT2D eigenvalue weighted by Gasteiger charge is 2.36. The minimum atomic E-state index is -0.797. The third kappa shape index (κ3) is 4.02. The zero-order valence-electron chi connectivity index (χ0n) is 19.5. The molecule has 10 heteroatoms. The van der Waals surface area contributed by atoms with Crippen molar-refractivity contribution in [3.63, 3.8) is 0 Å². The predicted octanol–water partition coefficient (Wildman–Crippen LogP) is 3.05. The number of methoxy groups -OCH3 is 1. The van der Waals surface area contributed by atoms with E-state index in [2.05, 4.69) is 5.10 Å². The monoisotopic (exact) mass is 487 g/mol. The summed E-state index contributed by atoms with van der Waals surface area (Å²) in [5, 5.41) is 5.75. The molecule has 0 bridgehead atoms. The lowest BCUT2D eigenvalue weighted by Gasteiger charge is -2.19. The molecule has 0 radical (unpaired) electrons. The van der Waals surface area contributed by atoms with E-state index in [1.807, 2.05) is 12.1 Å². The van der Waals surface area contributed by atoms with E-state index in [0.29, 0.717) is 23.6 Å². The summed E-state index contributed by atoms with van der Waals surface area (Å²) >= 11 is 0. The van der Waals surface area contributed by atoms with Gasteiger partial charge in [-0.15, -0.1) is 0 Å². The minimum absolute atomic E-state index is 0.0597. The molecule has 2 aliphatic heterocycles. The Morgan fingerprint density at radius 1 is 1.06 bits per heavy atom. The molecule has 5 rings (SSSR count). The van der Waals surface area contributed by atoms with Gasteiger partial charge in [0.2, 0.25) is 0 Å². The van der Waals surface area contributed by atoms with Gasteiger partial charge in [0.05, 0.1) is 35.8 Å². The van der Waals surface area contributed by atoms with Crippen LogP contribution < -0.4 is 4.74 Å². The molecule has 2 aliphatic rings. The summed E-state index contributed by atoms with van der Waals surface area (Å²) in [5.41, 5.74) is 1.89. The summed E-state index contributed by atoms with van der Waals surface area (Å²) in [6.45, 7) is -0.570. The maximum atomic E-state index is 13.1. The number of carbonyl (C=O) groups excluding carboxylic acids is 4. The maximum absolute atomic E-state index is 13.1. The first-order valence-corrected chi connectivity index (χ1v) is 11.1. The molecule has 1 unspecified atom stereocenters. The van der Waals surface area contributed by atoms with Gasteiger partial charge in [-0.1, -0.05) is 0 Å². The van der Waals surface area contributed by atoms with E-state index in [4.69, 9.17) is 13.9 Å². The highest BCUT2D eigenvalue weighted by atomic mass is 16.5. The Morgan fingerprint density at radius 3 is 2.50 bits per heavy atom. The molecule has 0 saturated heterocycles. The normalized spacial score (nSPS) is 16.7. The van der Waals surface area contributed by atoms with Crippen LogP contribution in [-0.4, -0.2) is 60.1 Å².